The van der Waals surface area contributed by atoms with E-state index in [0.29, 0.717) is 34.3 Å². The normalized spacial score (nSPS) is 12.0. The van der Waals surface area contributed by atoms with E-state index < -0.39 is 16.1 Å². The molecule has 0 aliphatic rings. The van der Waals surface area contributed by atoms with E-state index >= 15 is 0 Å². The van der Waals surface area contributed by atoms with Crippen LogP contribution in [0.25, 0.3) is 0 Å². The maximum absolute atomic E-state index is 13.8. The number of benzene rings is 3. The van der Waals surface area contributed by atoms with Gasteiger partial charge < -0.3 is 10.2 Å². The van der Waals surface area contributed by atoms with Gasteiger partial charge in [-0.25, -0.2) is 8.42 Å². The Balaban J connectivity index is 1.89. The number of anilines is 1. The Morgan fingerprint density at radius 3 is 2.33 bits per heavy atom. The van der Waals surface area contributed by atoms with Gasteiger partial charge in [-0.3, -0.25) is 13.9 Å². The molecule has 0 bridgehead atoms. The lowest BCUT2D eigenvalue weighted by molar-refractivity contribution is -0.141. The second kappa shape index (κ2) is 14.5. The van der Waals surface area contributed by atoms with Gasteiger partial charge in [0.2, 0.25) is 21.8 Å². The van der Waals surface area contributed by atoms with E-state index in [0.717, 1.165) is 17.4 Å². The average Bonchev–Trinajstić information content (AvgIpc) is 2.89. The largest absolute Gasteiger partial charge is 0.355 e. The van der Waals surface area contributed by atoms with E-state index in [2.05, 4.69) is 5.32 Å². The predicted molar refractivity (Wildman–Crippen MR) is 162 cm³/mol. The number of nitrogens with one attached hydrogen (secondary N) is 1. The quantitative estimate of drug-likeness (QED) is 0.274. The van der Waals surface area contributed by atoms with Crippen LogP contribution >= 0.6 is 23.2 Å². The van der Waals surface area contributed by atoms with Crippen molar-refractivity contribution in [2.24, 2.45) is 0 Å². The first-order valence-corrected chi connectivity index (χ1v) is 15.7. The maximum Gasteiger partial charge on any atom is 0.243 e. The summed E-state index contributed by atoms with van der Waals surface area (Å²) in [5.74, 6) is -0.557. The Bertz CT molecular complexity index is 1420. The molecule has 0 spiro atoms. The first-order chi connectivity index (χ1) is 19.0. The van der Waals surface area contributed by atoms with E-state index in [1.807, 2.05) is 50.2 Å². The molecule has 1 atom stereocenters. The van der Waals surface area contributed by atoms with Crippen LogP contribution in [0.4, 0.5) is 5.69 Å². The minimum Gasteiger partial charge on any atom is -0.355 e. The Labute approximate surface area is 247 Å². The molecule has 1 unspecified atom stereocenters. The van der Waals surface area contributed by atoms with Crippen LogP contribution in [-0.2, 0) is 32.6 Å². The summed E-state index contributed by atoms with van der Waals surface area (Å²) in [5.41, 5.74) is 3.03. The smallest absolute Gasteiger partial charge is 0.243 e. The van der Waals surface area contributed by atoms with Crippen molar-refractivity contribution in [3.8, 4) is 0 Å². The van der Waals surface area contributed by atoms with Crippen molar-refractivity contribution in [1.82, 2.24) is 10.2 Å². The highest BCUT2D eigenvalue weighted by Gasteiger charge is 2.30. The molecule has 0 saturated carbocycles. The molecule has 3 aromatic carbocycles. The summed E-state index contributed by atoms with van der Waals surface area (Å²) >= 11 is 12.6. The molecule has 0 aliphatic heterocycles. The van der Waals surface area contributed by atoms with Gasteiger partial charge in [0.05, 0.1) is 11.9 Å². The van der Waals surface area contributed by atoms with E-state index in [4.69, 9.17) is 23.2 Å². The van der Waals surface area contributed by atoms with E-state index in [1.54, 1.807) is 36.4 Å². The molecular weight excluding hydrogens is 569 g/mol. The van der Waals surface area contributed by atoms with Crippen molar-refractivity contribution in [3.05, 3.63) is 99.5 Å². The third-order valence-electron chi connectivity index (χ3n) is 6.42. The summed E-state index contributed by atoms with van der Waals surface area (Å²) in [5, 5.41) is 3.71. The van der Waals surface area contributed by atoms with Gasteiger partial charge in [0.1, 0.15) is 6.04 Å². The first kappa shape index (κ1) is 31.5. The van der Waals surface area contributed by atoms with Gasteiger partial charge in [-0.1, -0.05) is 71.7 Å². The summed E-state index contributed by atoms with van der Waals surface area (Å²) in [7, 11) is -3.57. The Morgan fingerprint density at radius 1 is 0.975 bits per heavy atom. The van der Waals surface area contributed by atoms with Crippen molar-refractivity contribution in [3.63, 3.8) is 0 Å². The van der Waals surface area contributed by atoms with Gasteiger partial charge in [-0.15, -0.1) is 0 Å². The number of amides is 2. The van der Waals surface area contributed by atoms with Gasteiger partial charge in [0.25, 0.3) is 0 Å². The number of nitrogens with zero attached hydrogens (tertiary/aromatic N) is 2. The van der Waals surface area contributed by atoms with Crippen molar-refractivity contribution in [1.29, 1.82) is 0 Å². The molecule has 1 N–H and O–H groups in total. The second-order valence-corrected chi connectivity index (χ2v) is 12.4. The van der Waals surface area contributed by atoms with Crippen LogP contribution < -0.4 is 9.62 Å². The molecule has 0 fully saturated rings. The van der Waals surface area contributed by atoms with E-state index in [-0.39, 0.29) is 37.7 Å². The molecule has 7 nitrogen and oxygen atoms in total. The van der Waals surface area contributed by atoms with Crippen LogP contribution in [0.15, 0.2) is 72.8 Å². The third kappa shape index (κ3) is 8.98. The molecule has 3 rings (SSSR count). The summed E-state index contributed by atoms with van der Waals surface area (Å²) < 4.78 is 26.5. The van der Waals surface area contributed by atoms with Crippen LogP contribution in [0.3, 0.4) is 0 Å². The van der Waals surface area contributed by atoms with Crippen LogP contribution in [-0.4, -0.2) is 50.5 Å². The number of halogens is 2. The van der Waals surface area contributed by atoms with Crippen LogP contribution in [0.5, 0.6) is 0 Å². The zero-order valence-electron chi connectivity index (χ0n) is 22.9. The fraction of sp³-hybridized carbons (Fsp3) is 0.333. The third-order valence-corrected chi connectivity index (χ3v) is 8.20. The van der Waals surface area contributed by atoms with Crippen molar-refractivity contribution < 1.29 is 18.0 Å². The lowest BCUT2D eigenvalue weighted by Crippen LogP contribution is -2.50. The highest BCUT2D eigenvalue weighted by molar-refractivity contribution is 7.92. The monoisotopic (exact) mass is 603 g/mol. The molecule has 0 aliphatic carbocycles. The zero-order valence-corrected chi connectivity index (χ0v) is 25.3. The topological polar surface area (TPSA) is 86.8 Å². The number of likely N-dealkylation sites (N-methyl/N-ethyl adjacent to an activating group) is 1. The molecule has 3 aromatic rings. The molecule has 10 heteroatoms. The number of hydrogen-bond acceptors (Lipinski definition) is 4. The van der Waals surface area contributed by atoms with Crippen LogP contribution in [0.1, 0.15) is 36.5 Å². The first-order valence-electron chi connectivity index (χ1n) is 13.1. The molecule has 2 amide bonds. The highest BCUT2D eigenvalue weighted by atomic mass is 35.5. The van der Waals surface area contributed by atoms with Gasteiger partial charge in [-0.2, -0.15) is 0 Å². The lowest BCUT2D eigenvalue weighted by atomic mass is 10.0. The number of carbonyl (C=O) groups excluding carboxylic acids is 2. The molecule has 214 valence electrons. The second-order valence-electron chi connectivity index (χ2n) is 9.64. The fourth-order valence-electron chi connectivity index (χ4n) is 4.47. The molecule has 40 heavy (non-hydrogen) atoms. The number of carbonyl (C=O) groups is 2. The van der Waals surface area contributed by atoms with Crippen molar-refractivity contribution in [2.45, 2.75) is 45.7 Å². The molecule has 0 radical (unpaired) electrons. The number of hydrogen-bond donors (Lipinski definition) is 1. The standard InChI is InChI=1S/C30H35Cl2N3O4S/c1-4-33-30(37)28(19-23-11-6-5-7-12-23)34(21-24-15-16-25(31)20-27(24)32)29(36)14-9-17-35(40(3,38)39)26-13-8-10-22(2)18-26/h5-8,10-13,15-16,18,20,28H,4,9,14,17,19,21H2,1-3H3,(H,33,37). The van der Waals surface area contributed by atoms with E-state index in [1.165, 1.54) is 9.21 Å². The summed E-state index contributed by atoms with van der Waals surface area (Å²) in [6, 6.07) is 20.9. The minimum atomic E-state index is -3.57. The predicted octanol–water partition coefficient (Wildman–Crippen LogP) is 5.62. The van der Waals surface area contributed by atoms with E-state index in [9.17, 15) is 18.0 Å². The van der Waals surface area contributed by atoms with Gasteiger partial charge >= 0.3 is 0 Å². The van der Waals surface area contributed by atoms with Crippen molar-refractivity contribution >= 4 is 50.7 Å². The number of aryl methyl sites for hydroxylation is 1. The van der Waals surface area contributed by atoms with Gasteiger partial charge in [0.15, 0.2) is 0 Å². The van der Waals surface area contributed by atoms with Gasteiger partial charge in [0, 0.05) is 42.5 Å². The average molecular weight is 605 g/mol. The summed E-state index contributed by atoms with van der Waals surface area (Å²) in [6.07, 6.45) is 1.76. The molecular formula is C30H35Cl2N3O4S. The number of rotatable bonds is 13. The fourth-order valence-corrected chi connectivity index (χ4v) is 5.89. The van der Waals surface area contributed by atoms with Crippen LogP contribution in [0.2, 0.25) is 10.0 Å². The Kier molecular flexibility index (Phi) is 11.4. The highest BCUT2D eigenvalue weighted by Crippen LogP contribution is 2.25. The molecule has 0 saturated heterocycles. The van der Waals surface area contributed by atoms with Crippen LogP contribution in [0, 0.1) is 6.92 Å². The lowest BCUT2D eigenvalue weighted by Gasteiger charge is -2.32. The maximum atomic E-state index is 13.8. The summed E-state index contributed by atoms with van der Waals surface area (Å²) in [4.78, 5) is 28.6. The van der Waals surface area contributed by atoms with Crippen molar-refractivity contribution in [2.75, 3.05) is 23.7 Å². The van der Waals surface area contributed by atoms with Gasteiger partial charge in [-0.05, 0) is 61.2 Å². The Hall–Kier alpha value is -3.07. The molecule has 0 aromatic heterocycles. The summed E-state index contributed by atoms with van der Waals surface area (Å²) in [6.45, 7) is 4.34. The molecule has 0 heterocycles. The number of sulfonamides is 1. The zero-order chi connectivity index (χ0) is 29.3. The SMILES string of the molecule is CCNC(=O)C(Cc1ccccc1)N(Cc1ccc(Cl)cc1Cl)C(=O)CCCN(c1cccc(C)c1)S(C)(=O)=O. The minimum absolute atomic E-state index is 0.0355. The Morgan fingerprint density at radius 2 is 1.70 bits per heavy atom.